The van der Waals surface area contributed by atoms with Gasteiger partial charge in [-0.2, -0.15) is 0 Å². The predicted octanol–water partition coefficient (Wildman–Crippen LogP) is 2.44. The number of benzene rings is 1. The molecule has 4 heteroatoms. The highest BCUT2D eigenvalue weighted by molar-refractivity contribution is 5.91. The number of hydrogen-bond acceptors (Lipinski definition) is 4. The van der Waals surface area contributed by atoms with E-state index in [1.165, 1.54) is 0 Å². The van der Waals surface area contributed by atoms with Crippen molar-refractivity contribution in [1.82, 2.24) is 0 Å². The van der Waals surface area contributed by atoms with E-state index in [0.717, 1.165) is 6.21 Å². The fraction of sp³-hybridized carbons (Fsp3) is 0.333. The first-order chi connectivity index (χ1) is 9.09. The molecule has 0 amide bonds. The molecule has 1 aromatic rings. The molecule has 0 radical (unpaired) electrons. The van der Waals surface area contributed by atoms with Crippen LogP contribution in [0.5, 0.6) is 0 Å². The van der Waals surface area contributed by atoms with Gasteiger partial charge in [0.05, 0.1) is 12.2 Å². The summed E-state index contributed by atoms with van der Waals surface area (Å²) >= 11 is 0. The highest BCUT2D eigenvalue weighted by Gasteiger charge is 2.35. The molecule has 19 heavy (non-hydrogen) atoms. The second-order valence-electron chi connectivity index (χ2n) is 4.34. The average molecular weight is 261 g/mol. The third kappa shape index (κ3) is 3.51. The lowest BCUT2D eigenvalue weighted by Crippen LogP contribution is -2.42. The Labute approximate surface area is 113 Å². The lowest BCUT2D eigenvalue weighted by Gasteiger charge is -2.31. The number of hydrogen-bond donors (Lipinski definition) is 2. The highest BCUT2D eigenvalue weighted by atomic mass is 16.6. The molecule has 4 nitrogen and oxygen atoms in total. The number of rotatable bonds is 6. The third-order valence-electron chi connectivity index (χ3n) is 2.98. The molecule has 0 spiro atoms. The minimum atomic E-state index is -1.21. The first kappa shape index (κ1) is 15.1. The summed E-state index contributed by atoms with van der Waals surface area (Å²) in [4.78, 5) is 12.1. The van der Waals surface area contributed by atoms with Crippen LogP contribution in [0.1, 0.15) is 24.2 Å². The summed E-state index contributed by atoms with van der Waals surface area (Å²) in [5, 5.41) is 16.8. The van der Waals surface area contributed by atoms with Crippen molar-refractivity contribution in [2.75, 3.05) is 6.61 Å². The van der Waals surface area contributed by atoms with Crippen molar-refractivity contribution in [2.24, 2.45) is 5.92 Å². The summed E-state index contributed by atoms with van der Waals surface area (Å²) < 4.78 is 5.44. The molecule has 0 saturated heterocycles. The van der Waals surface area contributed by atoms with Crippen LogP contribution < -0.4 is 0 Å². The maximum atomic E-state index is 12.1. The van der Waals surface area contributed by atoms with Gasteiger partial charge in [0.15, 0.2) is 5.60 Å². The van der Waals surface area contributed by atoms with Crippen molar-refractivity contribution in [2.45, 2.75) is 19.4 Å². The van der Waals surface area contributed by atoms with E-state index in [1.807, 2.05) is 6.07 Å². The molecule has 0 unspecified atom stereocenters. The van der Waals surface area contributed by atoms with E-state index in [9.17, 15) is 9.90 Å². The second-order valence-corrected chi connectivity index (χ2v) is 4.34. The van der Waals surface area contributed by atoms with Crippen LogP contribution in [0.25, 0.3) is 0 Å². The third-order valence-corrected chi connectivity index (χ3v) is 2.98. The minimum Gasteiger partial charge on any atom is -0.445 e. The molecule has 1 aromatic carbocycles. The van der Waals surface area contributed by atoms with Crippen LogP contribution in [0, 0.1) is 11.3 Å². The fourth-order valence-corrected chi connectivity index (χ4v) is 1.72. The van der Waals surface area contributed by atoms with Gasteiger partial charge in [0.25, 0.3) is 0 Å². The van der Waals surface area contributed by atoms with Gasteiger partial charge >= 0.3 is 5.97 Å². The number of nitrogens with one attached hydrogen (secondary N) is 1. The Kier molecular flexibility index (Phi) is 5.45. The van der Waals surface area contributed by atoms with Crippen molar-refractivity contribution in [3.8, 4) is 0 Å². The molecule has 0 fully saturated rings. The molecule has 0 bridgehead atoms. The largest absolute Gasteiger partial charge is 0.445 e. The molecular formula is C15H19NO3. The normalized spacial score (nSPS) is 15.7. The Balaban J connectivity index is 3.01. The topological polar surface area (TPSA) is 70.4 Å². The summed E-state index contributed by atoms with van der Waals surface area (Å²) in [5.41, 5.74) is -0.792. The van der Waals surface area contributed by atoms with Crippen LogP contribution >= 0.6 is 0 Å². The Bertz CT molecular complexity index is 456. The first-order valence-electron chi connectivity index (χ1n) is 6.14. The summed E-state index contributed by atoms with van der Waals surface area (Å²) in [6.07, 6.45) is 4.37. The Hall–Kier alpha value is -1.94. The summed E-state index contributed by atoms with van der Waals surface area (Å²) in [6.45, 7) is 3.32. The van der Waals surface area contributed by atoms with Crippen molar-refractivity contribution >= 4 is 12.2 Å². The quantitative estimate of drug-likeness (QED) is 0.469. The maximum Gasteiger partial charge on any atom is 0.339 e. The van der Waals surface area contributed by atoms with E-state index in [0.29, 0.717) is 5.56 Å². The van der Waals surface area contributed by atoms with Crippen LogP contribution in [0.3, 0.4) is 0 Å². The number of ether oxygens (including phenoxy) is 1. The van der Waals surface area contributed by atoms with Crippen LogP contribution in [0.15, 0.2) is 42.5 Å². The van der Waals surface area contributed by atoms with E-state index < -0.39 is 17.5 Å². The van der Waals surface area contributed by atoms with Gasteiger partial charge in [0.2, 0.25) is 0 Å². The number of esters is 1. The van der Waals surface area contributed by atoms with Crippen molar-refractivity contribution in [3.05, 3.63) is 48.0 Å². The lowest BCUT2D eigenvalue weighted by atomic mass is 9.89. The highest BCUT2D eigenvalue weighted by Crippen LogP contribution is 2.23. The minimum absolute atomic E-state index is 0.179. The maximum absolute atomic E-state index is 12.1. The van der Waals surface area contributed by atoms with Gasteiger partial charge in [-0.3, -0.25) is 0 Å². The van der Waals surface area contributed by atoms with E-state index in [2.05, 4.69) is 0 Å². The van der Waals surface area contributed by atoms with E-state index in [-0.39, 0.29) is 6.61 Å². The van der Waals surface area contributed by atoms with Crippen molar-refractivity contribution < 1.29 is 14.6 Å². The number of aliphatic hydroxyl groups excluding tert-OH is 1. The fourth-order valence-electron chi connectivity index (χ4n) is 1.72. The second kappa shape index (κ2) is 6.85. The predicted molar refractivity (Wildman–Crippen MR) is 74.4 cm³/mol. The van der Waals surface area contributed by atoms with Gasteiger partial charge in [0.1, 0.15) is 0 Å². The Morgan fingerprint density at radius 1 is 1.47 bits per heavy atom. The Morgan fingerprint density at radius 3 is 2.58 bits per heavy atom. The number of carbonyl (C=O) groups is 1. The van der Waals surface area contributed by atoms with E-state index in [1.54, 1.807) is 50.3 Å². The van der Waals surface area contributed by atoms with Crippen LogP contribution in [-0.4, -0.2) is 29.5 Å². The molecule has 0 aliphatic heterocycles. The first-order valence-corrected chi connectivity index (χ1v) is 6.14. The van der Waals surface area contributed by atoms with Crippen molar-refractivity contribution in [3.63, 3.8) is 0 Å². The molecule has 0 aromatic heterocycles. The lowest BCUT2D eigenvalue weighted by molar-refractivity contribution is 0.00258. The molecule has 2 N–H and O–H groups in total. The van der Waals surface area contributed by atoms with Crippen LogP contribution in [0.2, 0.25) is 0 Å². The molecule has 0 heterocycles. The number of aliphatic hydroxyl groups is 1. The zero-order chi connectivity index (χ0) is 14.3. The molecule has 0 aliphatic carbocycles. The molecule has 0 saturated carbocycles. The van der Waals surface area contributed by atoms with Gasteiger partial charge in [0, 0.05) is 12.1 Å². The number of allylic oxidation sites excluding steroid dienone is 1. The van der Waals surface area contributed by atoms with Gasteiger partial charge in [-0.15, -0.1) is 0 Å². The number of carbonyl (C=O) groups excluding carboxylic acids is 1. The standard InChI is InChI=1S/C15H19NO3/c1-3-9-15(11-16,12(2)10-17)19-14(18)13-7-5-4-6-8-13/h3-9,11-12,16-17H,10H2,1-2H3/b9-3+,16-11?/t12-,15-/m0/s1. The van der Waals surface area contributed by atoms with Gasteiger partial charge in [-0.25, -0.2) is 4.79 Å². The summed E-state index contributed by atoms with van der Waals surface area (Å²) in [6, 6.07) is 8.59. The molecule has 0 aliphatic rings. The smallest absolute Gasteiger partial charge is 0.339 e. The molecular weight excluding hydrogens is 242 g/mol. The Morgan fingerprint density at radius 2 is 2.11 bits per heavy atom. The van der Waals surface area contributed by atoms with Crippen LogP contribution in [0.4, 0.5) is 0 Å². The molecule has 2 atom stereocenters. The average Bonchev–Trinajstić information content (AvgIpc) is 2.46. The van der Waals surface area contributed by atoms with E-state index in [4.69, 9.17) is 10.1 Å². The molecule has 102 valence electrons. The van der Waals surface area contributed by atoms with Gasteiger partial charge < -0.3 is 15.3 Å². The zero-order valence-corrected chi connectivity index (χ0v) is 11.2. The summed E-state index contributed by atoms with van der Waals surface area (Å²) in [5.74, 6) is -0.906. The molecule has 1 rings (SSSR count). The van der Waals surface area contributed by atoms with Crippen LogP contribution in [-0.2, 0) is 4.74 Å². The zero-order valence-electron chi connectivity index (χ0n) is 11.2. The van der Waals surface area contributed by atoms with Gasteiger partial charge in [-0.05, 0) is 25.1 Å². The monoisotopic (exact) mass is 261 g/mol. The van der Waals surface area contributed by atoms with E-state index >= 15 is 0 Å². The van der Waals surface area contributed by atoms with Gasteiger partial charge in [-0.1, -0.05) is 31.2 Å². The van der Waals surface area contributed by atoms with Crippen molar-refractivity contribution in [1.29, 1.82) is 5.41 Å². The summed E-state index contributed by atoms with van der Waals surface area (Å²) in [7, 11) is 0. The SMILES string of the molecule is C/C=C/[C@@](C=N)(OC(=O)c1ccccc1)[C@@H](C)CO.